The van der Waals surface area contributed by atoms with E-state index in [1.54, 1.807) is 36.4 Å². The topological polar surface area (TPSA) is 77.0 Å². The minimum Gasteiger partial charge on any atom is -0.490 e. The fourth-order valence-electron chi connectivity index (χ4n) is 2.60. The van der Waals surface area contributed by atoms with E-state index in [2.05, 4.69) is 26.2 Å². The zero-order chi connectivity index (χ0) is 21.7. The van der Waals surface area contributed by atoms with Crippen molar-refractivity contribution in [3.05, 3.63) is 62.7 Å². The molecule has 0 aliphatic carbocycles. The molecule has 0 spiro atoms. The third-order valence-electron chi connectivity index (χ3n) is 3.86. The van der Waals surface area contributed by atoms with Crippen LogP contribution in [0, 0.1) is 5.82 Å². The molecule has 156 valence electrons. The number of nitrogens with one attached hydrogen (secondary N) is 1. The summed E-state index contributed by atoms with van der Waals surface area (Å²) < 4.78 is 26.0. The van der Waals surface area contributed by atoms with Crippen molar-refractivity contribution in [2.75, 3.05) is 6.61 Å². The molecule has 0 radical (unpaired) electrons. The number of ether oxygens (including phenoxy) is 2. The van der Waals surface area contributed by atoms with Gasteiger partial charge < -0.3 is 14.8 Å². The van der Waals surface area contributed by atoms with Gasteiger partial charge in [0.1, 0.15) is 12.4 Å². The Bertz CT molecular complexity index is 1060. The number of amides is 2. The van der Waals surface area contributed by atoms with Crippen LogP contribution in [0.25, 0.3) is 6.08 Å². The monoisotopic (exact) mass is 492 g/mol. The largest absolute Gasteiger partial charge is 0.490 e. The summed E-state index contributed by atoms with van der Waals surface area (Å²) in [5.74, 6) is -0.193. The van der Waals surface area contributed by atoms with E-state index >= 15 is 0 Å². The van der Waals surface area contributed by atoms with Crippen molar-refractivity contribution in [2.24, 2.45) is 4.99 Å². The number of hydrogen-bond acceptors (Lipinski definition) is 5. The van der Waals surface area contributed by atoms with Gasteiger partial charge in [-0.05, 0) is 64.5 Å². The number of amidine groups is 1. The maximum absolute atomic E-state index is 13.9. The quantitative estimate of drug-likeness (QED) is 0.592. The number of carbonyl (C=O) groups excluding carboxylic acids is 2. The number of thioether (sulfide) groups is 1. The number of halogens is 2. The van der Waals surface area contributed by atoms with Gasteiger partial charge in [0.2, 0.25) is 5.91 Å². The molecule has 1 aliphatic heterocycles. The van der Waals surface area contributed by atoms with E-state index in [1.165, 1.54) is 13.0 Å². The molecule has 1 N–H and O–H groups in total. The van der Waals surface area contributed by atoms with Gasteiger partial charge in [0.05, 0.1) is 16.0 Å². The minimum atomic E-state index is -0.433. The summed E-state index contributed by atoms with van der Waals surface area (Å²) in [4.78, 5) is 27.4. The average molecular weight is 493 g/mol. The summed E-state index contributed by atoms with van der Waals surface area (Å²) in [5.41, 5.74) is 1.10. The fourth-order valence-corrected chi connectivity index (χ4v) is 4.04. The summed E-state index contributed by atoms with van der Waals surface area (Å²) in [5, 5.41) is 2.75. The van der Waals surface area contributed by atoms with Crippen LogP contribution in [0.3, 0.4) is 0 Å². The highest BCUT2D eigenvalue weighted by molar-refractivity contribution is 9.10. The van der Waals surface area contributed by atoms with Crippen molar-refractivity contribution < 1.29 is 23.5 Å². The molecule has 6 nitrogen and oxygen atoms in total. The van der Waals surface area contributed by atoms with E-state index in [0.717, 1.165) is 11.8 Å². The molecule has 0 atom stereocenters. The Morgan fingerprint density at radius 1 is 1.30 bits per heavy atom. The summed E-state index contributed by atoms with van der Waals surface area (Å²) >= 11 is 4.54. The molecule has 2 aromatic carbocycles. The normalized spacial score (nSPS) is 14.6. The zero-order valence-electron chi connectivity index (χ0n) is 16.2. The first-order valence-electron chi connectivity index (χ1n) is 9.00. The van der Waals surface area contributed by atoms with Gasteiger partial charge in [-0.1, -0.05) is 18.2 Å². The smallest absolute Gasteiger partial charge is 0.286 e. The molecule has 30 heavy (non-hydrogen) atoms. The van der Waals surface area contributed by atoms with Gasteiger partial charge in [0.25, 0.3) is 5.91 Å². The van der Waals surface area contributed by atoms with Gasteiger partial charge in [-0.2, -0.15) is 4.99 Å². The third kappa shape index (κ3) is 5.48. The lowest BCUT2D eigenvalue weighted by Gasteiger charge is -2.15. The second kappa shape index (κ2) is 9.90. The van der Waals surface area contributed by atoms with Gasteiger partial charge in [0, 0.05) is 12.5 Å². The maximum atomic E-state index is 13.9. The predicted octanol–water partition coefficient (Wildman–Crippen LogP) is 4.67. The highest BCUT2D eigenvalue weighted by Gasteiger charge is 2.23. The predicted molar refractivity (Wildman–Crippen MR) is 118 cm³/mol. The van der Waals surface area contributed by atoms with E-state index in [1.807, 2.05) is 6.92 Å². The van der Waals surface area contributed by atoms with E-state index in [0.29, 0.717) is 38.6 Å². The summed E-state index contributed by atoms with van der Waals surface area (Å²) in [7, 11) is 0. The number of nitrogens with zero attached hydrogens (tertiary/aromatic N) is 1. The zero-order valence-corrected chi connectivity index (χ0v) is 18.6. The van der Waals surface area contributed by atoms with Crippen LogP contribution < -0.4 is 14.8 Å². The highest BCUT2D eigenvalue weighted by Crippen LogP contribution is 2.39. The van der Waals surface area contributed by atoms with Gasteiger partial charge in [0.15, 0.2) is 16.7 Å². The molecule has 0 saturated heterocycles. The first kappa shape index (κ1) is 22.0. The van der Waals surface area contributed by atoms with Gasteiger partial charge in [-0.25, -0.2) is 4.39 Å². The van der Waals surface area contributed by atoms with Gasteiger partial charge in [-0.15, -0.1) is 0 Å². The average Bonchev–Trinajstić information content (AvgIpc) is 3.00. The molecule has 0 fully saturated rings. The molecule has 0 bridgehead atoms. The Hall–Kier alpha value is -2.65. The standard InChI is InChI=1S/C21H18BrFN2O4S/c1-3-28-17-9-13(10-18-20(27)25-21(30-18)24-12(2)26)8-15(22)19(17)29-11-14-6-4-5-7-16(14)23/h4-10H,3,11H2,1-2H3,(H,24,25,26,27)/b18-10+. The van der Waals surface area contributed by atoms with Crippen LogP contribution in [0.15, 0.2) is 50.8 Å². The van der Waals surface area contributed by atoms with Crippen molar-refractivity contribution in [3.63, 3.8) is 0 Å². The Morgan fingerprint density at radius 3 is 2.77 bits per heavy atom. The summed E-state index contributed by atoms with van der Waals surface area (Å²) in [6.07, 6.45) is 1.65. The Morgan fingerprint density at radius 2 is 2.07 bits per heavy atom. The van der Waals surface area contributed by atoms with Crippen LogP contribution in [0.5, 0.6) is 11.5 Å². The van der Waals surface area contributed by atoms with Crippen LogP contribution in [0.2, 0.25) is 0 Å². The fraction of sp³-hybridized carbons (Fsp3) is 0.190. The molecule has 3 rings (SSSR count). The second-order valence-corrected chi connectivity index (χ2v) is 8.04. The number of aliphatic imine (C=N–C) groups is 1. The number of hydrogen-bond donors (Lipinski definition) is 1. The van der Waals surface area contributed by atoms with Crippen molar-refractivity contribution >= 4 is 50.7 Å². The van der Waals surface area contributed by atoms with Crippen molar-refractivity contribution in [1.29, 1.82) is 0 Å². The first-order valence-corrected chi connectivity index (χ1v) is 10.6. The molecule has 1 heterocycles. The summed E-state index contributed by atoms with van der Waals surface area (Å²) in [6.45, 7) is 3.62. The Labute approximate surface area is 185 Å². The number of benzene rings is 2. The molecule has 0 aromatic heterocycles. The maximum Gasteiger partial charge on any atom is 0.286 e. The number of carbonyl (C=O) groups is 2. The number of rotatable bonds is 6. The first-order chi connectivity index (χ1) is 14.4. The van der Waals surface area contributed by atoms with Crippen molar-refractivity contribution in [1.82, 2.24) is 5.32 Å². The Kier molecular flexibility index (Phi) is 7.28. The lowest BCUT2D eigenvalue weighted by Crippen LogP contribution is -2.23. The van der Waals surface area contributed by atoms with Gasteiger partial charge >= 0.3 is 0 Å². The lowest BCUT2D eigenvalue weighted by atomic mass is 10.1. The highest BCUT2D eigenvalue weighted by atomic mass is 79.9. The third-order valence-corrected chi connectivity index (χ3v) is 5.35. The SMILES string of the molecule is CCOc1cc(/C=C2/SC(NC(C)=O)=NC2=O)cc(Br)c1OCc1ccccc1F. The Balaban J connectivity index is 1.84. The molecule has 2 aromatic rings. The molecule has 0 unspecified atom stereocenters. The summed E-state index contributed by atoms with van der Waals surface area (Å²) in [6, 6.07) is 9.87. The van der Waals surface area contributed by atoms with E-state index in [4.69, 9.17) is 9.47 Å². The van der Waals surface area contributed by atoms with Crippen LogP contribution >= 0.6 is 27.7 Å². The van der Waals surface area contributed by atoms with Crippen LogP contribution in [0.1, 0.15) is 25.0 Å². The molecule has 9 heteroatoms. The van der Waals surface area contributed by atoms with Crippen LogP contribution in [-0.4, -0.2) is 23.6 Å². The van der Waals surface area contributed by atoms with Gasteiger partial charge in [-0.3, -0.25) is 9.59 Å². The second-order valence-electron chi connectivity index (χ2n) is 6.16. The lowest BCUT2D eigenvalue weighted by molar-refractivity contribution is -0.117. The minimum absolute atomic E-state index is 0.0358. The molecule has 2 amide bonds. The van der Waals surface area contributed by atoms with E-state index in [-0.39, 0.29) is 23.5 Å². The van der Waals surface area contributed by atoms with Crippen molar-refractivity contribution in [3.8, 4) is 11.5 Å². The van der Waals surface area contributed by atoms with Crippen LogP contribution in [-0.2, 0) is 16.2 Å². The van der Waals surface area contributed by atoms with Crippen LogP contribution in [0.4, 0.5) is 4.39 Å². The molecular weight excluding hydrogens is 475 g/mol. The van der Waals surface area contributed by atoms with E-state index in [9.17, 15) is 14.0 Å². The van der Waals surface area contributed by atoms with Crippen molar-refractivity contribution in [2.45, 2.75) is 20.5 Å². The molecule has 0 saturated carbocycles. The molecule has 1 aliphatic rings. The molecular formula is C21H18BrFN2O4S. The van der Waals surface area contributed by atoms with E-state index < -0.39 is 5.91 Å².